The molecule has 0 spiro atoms. The van der Waals surface area contributed by atoms with Crippen molar-refractivity contribution in [3.63, 3.8) is 0 Å². The van der Waals surface area contributed by atoms with Crippen molar-refractivity contribution in [1.29, 1.82) is 0 Å². The standard InChI is InChI=1S/C29H24Cl2N8O2/c1-17-4-2-6-25(23-12-18(9-11-32-23)28-21(35-29(17)41)5-3-10-33-28)38-16-34-22(14-27(38)40)20-13-19(30)7-8-24(20)39-15-26(31)36-37-39/h3,5,7-17,25H,2,4,6H2,1H3,(H,35,41). The Labute approximate surface area is 245 Å². The molecule has 0 radical (unpaired) electrons. The largest absolute Gasteiger partial charge is 0.324 e. The molecule has 5 aromatic rings. The number of hydrogen-bond acceptors (Lipinski definition) is 7. The van der Waals surface area contributed by atoms with E-state index in [0.29, 0.717) is 58.3 Å². The number of aromatic nitrogens is 7. The third-order valence-electron chi connectivity index (χ3n) is 7.14. The Balaban J connectivity index is 1.43. The summed E-state index contributed by atoms with van der Waals surface area (Å²) < 4.78 is 3.09. The van der Waals surface area contributed by atoms with Crippen molar-refractivity contribution in [3.05, 3.63) is 99.7 Å². The summed E-state index contributed by atoms with van der Waals surface area (Å²) in [5, 5.41) is 11.6. The van der Waals surface area contributed by atoms with E-state index >= 15 is 0 Å². The molecular weight excluding hydrogens is 563 g/mol. The van der Waals surface area contributed by atoms with Crippen molar-refractivity contribution in [3.8, 4) is 28.2 Å². The summed E-state index contributed by atoms with van der Waals surface area (Å²) in [6.45, 7) is 1.90. The van der Waals surface area contributed by atoms with E-state index in [2.05, 4.69) is 30.6 Å². The fourth-order valence-corrected chi connectivity index (χ4v) is 5.31. The van der Waals surface area contributed by atoms with Crippen LogP contribution in [-0.4, -0.2) is 40.4 Å². The molecule has 2 bridgehead atoms. The molecule has 0 aliphatic carbocycles. The average molecular weight is 587 g/mol. The van der Waals surface area contributed by atoms with Crippen molar-refractivity contribution < 1.29 is 4.79 Å². The molecule has 2 atom stereocenters. The van der Waals surface area contributed by atoms with Crippen molar-refractivity contribution in [2.45, 2.75) is 32.2 Å². The molecule has 4 aromatic heterocycles. The monoisotopic (exact) mass is 586 g/mol. The van der Waals surface area contributed by atoms with Gasteiger partial charge in [-0.3, -0.25) is 24.1 Å². The van der Waals surface area contributed by atoms with Crippen LogP contribution in [0.1, 0.15) is 37.9 Å². The lowest BCUT2D eigenvalue weighted by atomic mass is 9.96. The predicted octanol–water partition coefficient (Wildman–Crippen LogP) is 5.60. The number of nitrogens with zero attached hydrogens (tertiary/aromatic N) is 7. The van der Waals surface area contributed by atoms with Gasteiger partial charge in [0.05, 0.1) is 47.0 Å². The SMILES string of the molecule is CC1CCCC(n2cnc(-c3cc(Cl)ccc3-n3cc(Cl)nn3)cc2=O)c2cc(ccn2)-c2ncccc2NC1=O. The lowest BCUT2D eigenvalue weighted by Gasteiger charge is -2.22. The van der Waals surface area contributed by atoms with Gasteiger partial charge in [-0.25, -0.2) is 9.67 Å². The Morgan fingerprint density at radius 3 is 2.66 bits per heavy atom. The van der Waals surface area contributed by atoms with Gasteiger partial charge in [0.2, 0.25) is 5.91 Å². The summed E-state index contributed by atoms with van der Waals surface area (Å²) in [5.41, 5.74) is 4.15. The number of anilines is 1. The first-order valence-corrected chi connectivity index (χ1v) is 13.8. The van der Waals surface area contributed by atoms with Gasteiger partial charge in [-0.15, -0.1) is 5.10 Å². The van der Waals surface area contributed by atoms with Crippen LogP contribution in [0.5, 0.6) is 0 Å². The van der Waals surface area contributed by atoms with E-state index in [1.807, 2.05) is 25.1 Å². The minimum absolute atomic E-state index is 0.0696. The number of fused-ring (bicyclic) bond motifs is 4. The first-order chi connectivity index (χ1) is 19.9. The maximum Gasteiger partial charge on any atom is 0.254 e. The normalized spacial score (nSPS) is 17.2. The molecule has 10 nitrogen and oxygen atoms in total. The number of carbonyl (C=O) groups is 1. The number of carbonyl (C=O) groups excluding carboxylic acids is 1. The highest BCUT2D eigenvalue weighted by molar-refractivity contribution is 6.31. The van der Waals surface area contributed by atoms with Crippen LogP contribution in [-0.2, 0) is 4.79 Å². The first kappa shape index (κ1) is 26.8. The summed E-state index contributed by atoms with van der Waals surface area (Å²) >= 11 is 12.3. The fourth-order valence-electron chi connectivity index (χ4n) is 5.01. The molecule has 0 saturated carbocycles. The van der Waals surface area contributed by atoms with Crippen LogP contribution in [0.25, 0.3) is 28.2 Å². The Bertz CT molecular complexity index is 1820. The second kappa shape index (κ2) is 11.2. The lowest BCUT2D eigenvalue weighted by molar-refractivity contribution is -0.119. The van der Waals surface area contributed by atoms with Gasteiger partial charge in [0.25, 0.3) is 5.56 Å². The van der Waals surface area contributed by atoms with Gasteiger partial charge >= 0.3 is 0 Å². The van der Waals surface area contributed by atoms with Crippen molar-refractivity contribution in [1.82, 2.24) is 34.5 Å². The van der Waals surface area contributed by atoms with Gasteiger partial charge in [0.1, 0.15) is 0 Å². The highest BCUT2D eigenvalue weighted by Crippen LogP contribution is 2.32. The quantitative estimate of drug-likeness (QED) is 0.292. The Hall–Kier alpha value is -4.41. The second-order valence-electron chi connectivity index (χ2n) is 9.87. The molecule has 0 fully saturated rings. The van der Waals surface area contributed by atoms with E-state index in [1.165, 1.54) is 17.1 Å². The van der Waals surface area contributed by atoms with Crippen molar-refractivity contribution in [2.24, 2.45) is 5.92 Å². The van der Waals surface area contributed by atoms with Crippen LogP contribution in [0.4, 0.5) is 5.69 Å². The van der Waals surface area contributed by atoms with Crippen molar-refractivity contribution >= 4 is 34.8 Å². The minimum Gasteiger partial charge on any atom is -0.324 e. The summed E-state index contributed by atoms with van der Waals surface area (Å²) in [6.07, 6.45) is 8.40. The molecule has 0 saturated heterocycles. The number of hydrogen-bond donors (Lipinski definition) is 1. The van der Waals surface area contributed by atoms with Gasteiger partial charge in [-0.1, -0.05) is 41.8 Å². The van der Waals surface area contributed by atoms with Crippen LogP contribution in [0.15, 0.2) is 78.2 Å². The number of halogens is 2. The van der Waals surface area contributed by atoms with Gasteiger partial charge in [0, 0.05) is 40.5 Å². The maximum absolute atomic E-state index is 13.7. The van der Waals surface area contributed by atoms with Crippen LogP contribution in [0.3, 0.4) is 0 Å². The molecule has 5 heterocycles. The van der Waals surface area contributed by atoms with Crippen LogP contribution < -0.4 is 10.9 Å². The number of rotatable bonds is 3. The number of pyridine rings is 2. The van der Waals surface area contributed by atoms with E-state index in [9.17, 15) is 9.59 Å². The Kier molecular flexibility index (Phi) is 7.34. The summed E-state index contributed by atoms with van der Waals surface area (Å²) in [4.78, 5) is 40.4. The van der Waals surface area contributed by atoms with Crippen LogP contribution in [0.2, 0.25) is 10.2 Å². The van der Waals surface area contributed by atoms with E-state index in [4.69, 9.17) is 23.2 Å². The molecule has 1 aromatic carbocycles. The van der Waals surface area contributed by atoms with Gasteiger partial charge in [-0.2, -0.15) is 0 Å². The second-order valence-corrected chi connectivity index (χ2v) is 10.7. The number of benzene rings is 1. The summed E-state index contributed by atoms with van der Waals surface area (Å²) in [7, 11) is 0. The van der Waals surface area contributed by atoms with E-state index in [-0.39, 0.29) is 22.5 Å². The van der Waals surface area contributed by atoms with Crippen LogP contribution >= 0.6 is 23.2 Å². The Morgan fingerprint density at radius 1 is 0.976 bits per heavy atom. The van der Waals surface area contributed by atoms with Gasteiger partial charge < -0.3 is 5.32 Å². The topological polar surface area (TPSA) is 120 Å². The smallest absolute Gasteiger partial charge is 0.254 e. The van der Waals surface area contributed by atoms with Crippen LogP contribution in [0, 0.1) is 5.92 Å². The molecular formula is C29H24Cl2N8O2. The molecule has 6 rings (SSSR count). The third kappa shape index (κ3) is 5.48. The molecule has 1 aliphatic heterocycles. The zero-order chi connectivity index (χ0) is 28.5. The maximum atomic E-state index is 13.7. The molecule has 1 aliphatic rings. The van der Waals surface area contributed by atoms with E-state index < -0.39 is 6.04 Å². The van der Waals surface area contributed by atoms with Gasteiger partial charge in [0.15, 0.2) is 5.15 Å². The molecule has 41 heavy (non-hydrogen) atoms. The minimum atomic E-state index is -0.404. The molecule has 1 N–H and O–H groups in total. The first-order valence-electron chi connectivity index (χ1n) is 13.1. The molecule has 2 unspecified atom stereocenters. The average Bonchev–Trinajstić information content (AvgIpc) is 3.41. The number of amides is 1. The zero-order valence-electron chi connectivity index (χ0n) is 21.9. The summed E-state index contributed by atoms with van der Waals surface area (Å²) in [6, 6.07) is 13.6. The van der Waals surface area contributed by atoms with Gasteiger partial charge in [-0.05, 0) is 55.3 Å². The summed E-state index contributed by atoms with van der Waals surface area (Å²) in [5.74, 6) is -0.293. The van der Waals surface area contributed by atoms with E-state index in [1.54, 1.807) is 47.4 Å². The molecule has 12 heteroatoms. The lowest BCUT2D eigenvalue weighted by Crippen LogP contribution is -2.27. The highest BCUT2D eigenvalue weighted by atomic mass is 35.5. The zero-order valence-corrected chi connectivity index (χ0v) is 23.4. The van der Waals surface area contributed by atoms with Crippen molar-refractivity contribution in [2.75, 3.05) is 5.32 Å². The molecule has 206 valence electrons. The third-order valence-corrected chi connectivity index (χ3v) is 7.55. The highest BCUT2D eigenvalue weighted by Gasteiger charge is 2.23. The van der Waals surface area contributed by atoms with E-state index in [0.717, 1.165) is 5.56 Å². The number of nitrogens with one attached hydrogen (secondary N) is 1. The Morgan fingerprint density at radius 2 is 1.85 bits per heavy atom. The predicted molar refractivity (Wildman–Crippen MR) is 156 cm³/mol. The fraction of sp³-hybridized carbons (Fsp3) is 0.207. The molecule has 1 amide bonds.